The molecule has 0 aromatic carbocycles. The van der Waals surface area contributed by atoms with E-state index >= 15 is 0 Å². The van der Waals surface area contributed by atoms with E-state index in [1.807, 2.05) is 0 Å². The Labute approximate surface area is 76.2 Å². The molecule has 0 bridgehead atoms. The summed E-state index contributed by atoms with van der Waals surface area (Å²) in [4.78, 5) is 13.3. The predicted octanol–water partition coefficient (Wildman–Crippen LogP) is -0.947. The summed E-state index contributed by atoms with van der Waals surface area (Å²) in [6, 6.07) is 0. The Morgan fingerprint density at radius 2 is 2.54 bits per heavy atom. The fourth-order valence-corrected chi connectivity index (χ4v) is 1.45. The molecule has 0 radical (unpaired) electrons. The average Bonchev–Trinajstić information content (AvgIpc) is 2.64. The van der Waals surface area contributed by atoms with Crippen molar-refractivity contribution in [1.29, 1.82) is 0 Å². The van der Waals surface area contributed by atoms with Crippen molar-refractivity contribution < 1.29 is 0 Å². The van der Waals surface area contributed by atoms with Gasteiger partial charge < -0.3 is 10.7 Å². The van der Waals surface area contributed by atoms with Crippen molar-refractivity contribution in [3.63, 3.8) is 0 Å². The van der Waals surface area contributed by atoms with Crippen molar-refractivity contribution in [2.24, 2.45) is 0 Å². The number of aromatic amines is 1. The molecule has 7 nitrogen and oxygen atoms in total. The number of nitrogens with two attached hydrogens (primary N) is 1. The fraction of sp³-hybridized carbons (Fsp3) is 0.200. The van der Waals surface area contributed by atoms with Crippen LogP contribution in [0.15, 0.2) is 10.2 Å². The minimum Gasteiger partial charge on any atom is -0.367 e. The molecule has 0 spiro atoms. The zero-order valence-corrected chi connectivity index (χ0v) is 7.28. The second kappa shape index (κ2) is 2.98. The predicted molar refractivity (Wildman–Crippen MR) is 46.3 cm³/mol. The van der Waals surface area contributed by atoms with Crippen LogP contribution in [0.5, 0.6) is 0 Å². The molecule has 0 unspecified atom stereocenters. The number of nitrogen functional groups attached to an aromatic ring is 1. The van der Waals surface area contributed by atoms with Crippen LogP contribution in [0, 0.1) is 0 Å². The highest BCUT2D eigenvalue weighted by Crippen LogP contribution is 2.00. The monoisotopic (exact) mass is 198 g/mol. The van der Waals surface area contributed by atoms with Gasteiger partial charge in [-0.2, -0.15) is 0 Å². The number of nitrogens with zero attached hydrogens (tertiary/aromatic N) is 4. The lowest BCUT2D eigenvalue weighted by atomic mass is 10.5. The van der Waals surface area contributed by atoms with Gasteiger partial charge in [-0.25, -0.2) is 4.68 Å². The summed E-state index contributed by atoms with van der Waals surface area (Å²) in [5.41, 5.74) is 6.18. The van der Waals surface area contributed by atoms with Crippen molar-refractivity contribution >= 4 is 17.3 Å². The van der Waals surface area contributed by atoms with Crippen molar-refractivity contribution in [3.8, 4) is 0 Å². The molecule has 2 rings (SSSR count). The number of nitrogens with one attached hydrogen (secondary N) is 1. The van der Waals surface area contributed by atoms with Gasteiger partial charge in [-0.05, 0) is 10.4 Å². The molecule has 0 aliphatic rings. The summed E-state index contributed by atoms with van der Waals surface area (Å²) in [5.74, 6) is 0.229. The summed E-state index contributed by atoms with van der Waals surface area (Å²) in [5, 5.41) is 12.2. The van der Waals surface area contributed by atoms with Gasteiger partial charge in [0, 0.05) is 5.38 Å². The third-order valence-electron chi connectivity index (χ3n) is 1.45. The van der Waals surface area contributed by atoms with Crippen LogP contribution in [-0.4, -0.2) is 25.2 Å². The van der Waals surface area contributed by atoms with E-state index in [4.69, 9.17) is 5.73 Å². The number of rotatable bonds is 2. The van der Waals surface area contributed by atoms with Crippen molar-refractivity contribution in [2.75, 3.05) is 5.73 Å². The van der Waals surface area contributed by atoms with Gasteiger partial charge in [0.2, 0.25) is 5.95 Å². The lowest BCUT2D eigenvalue weighted by Crippen LogP contribution is -2.07. The third kappa shape index (κ3) is 1.56. The number of thiazole rings is 1. The molecule has 0 fully saturated rings. The first kappa shape index (κ1) is 7.92. The molecule has 3 N–H and O–H groups in total. The molecule has 0 saturated carbocycles. The van der Waals surface area contributed by atoms with E-state index < -0.39 is 0 Å². The minimum absolute atomic E-state index is 0.0957. The van der Waals surface area contributed by atoms with Crippen LogP contribution >= 0.6 is 11.3 Å². The van der Waals surface area contributed by atoms with Crippen LogP contribution in [0.2, 0.25) is 0 Å². The highest BCUT2D eigenvalue weighted by molar-refractivity contribution is 7.07. The average molecular weight is 198 g/mol. The molecule has 2 heterocycles. The van der Waals surface area contributed by atoms with Crippen molar-refractivity contribution in [1.82, 2.24) is 25.2 Å². The van der Waals surface area contributed by atoms with Gasteiger partial charge in [0.15, 0.2) is 0 Å². The van der Waals surface area contributed by atoms with E-state index in [2.05, 4.69) is 20.5 Å². The molecule has 0 saturated heterocycles. The molecule has 2 aromatic rings. The molecule has 0 aliphatic carbocycles. The first-order chi connectivity index (χ1) is 6.25. The molecular weight excluding hydrogens is 192 g/mol. The van der Waals surface area contributed by atoms with Crippen molar-refractivity contribution in [2.45, 2.75) is 6.54 Å². The van der Waals surface area contributed by atoms with Gasteiger partial charge in [0.05, 0.1) is 12.2 Å². The summed E-state index contributed by atoms with van der Waals surface area (Å²) in [6.45, 7) is 0.386. The Morgan fingerprint density at radius 3 is 3.08 bits per heavy atom. The standard InChI is InChI=1S/C5H6N6OS/c6-4-8-9-10-11(4)1-3-2-13-5(12)7-3/h2H,1H2,(H,7,12)(H2,6,8,10). The molecule has 0 atom stereocenters. The Morgan fingerprint density at radius 1 is 1.69 bits per heavy atom. The highest BCUT2D eigenvalue weighted by Gasteiger charge is 2.03. The van der Waals surface area contributed by atoms with Gasteiger partial charge >= 0.3 is 4.87 Å². The zero-order chi connectivity index (χ0) is 9.26. The molecule has 0 aliphatic heterocycles. The Bertz CT molecular complexity index is 455. The maximum absolute atomic E-state index is 10.8. The second-order valence-corrected chi connectivity index (χ2v) is 3.21. The van der Waals surface area contributed by atoms with Crippen molar-refractivity contribution in [3.05, 3.63) is 20.7 Å². The summed E-state index contributed by atoms with van der Waals surface area (Å²) in [7, 11) is 0. The summed E-state index contributed by atoms with van der Waals surface area (Å²) < 4.78 is 1.40. The van der Waals surface area contributed by atoms with Crippen LogP contribution in [0.1, 0.15) is 5.69 Å². The maximum atomic E-state index is 10.8. The van der Waals surface area contributed by atoms with E-state index in [1.54, 1.807) is 5.38 Å². The largest absolute Gasteiger partial charge is 0.367 e. The summed E-state index contributed by atoms with van der Waals surface area (Å²) in [6.07, 6.45) is 0. The third-order valence-corrected chi connectivity index (χ3v) is 2.17. The fourth-order valence-electron chi connectivity index (χ4n) is 0.877. The highest BCUT2D eigenvalue weighted by atomic mass is 32.1. The number of hydrogen-bond acceptors (Lipinski definition) is 6. The van der Waals surface area contributed by atoms with Crippen LogP contribution in [0.4, 0.5) is 5.95 Å². The van der Waals surface area contributed by atoms with E-state index in [9.17, 15) is 4.79 Å². The van der Waals surface area contributed by atoms with Gasteiger partial charge in [-0.3, -0.25) is 4.79 Å². The molecule has 0 amide bonds. The van der Waals surface area contributed by atoms with E-state index in [0.29, 0.717) is 6.54 Å². The zero-order valence-electron chi connectivity index (χ0n) is 6.47. The lowest BCUT2D eigenvalue weighted by molar-refractivity contribution is 0.646. The van der Waals surface area contributed by atoms with E-state index in [0.717, 1.165) is 17.0 Å². The number of anilines is 1. The van der Waals surface area contributed by atoms with Crippen LogP contribution < -0.4 is 10.6 Å². The normalized spacial score (nSPS) is 10.5. The van der Waals surface area contributed by atoms with E-state index in [1.165, 1.54) is 4.68 Å². The number of H-pyrrole nitrogens is 1. The number of hydrogen-bond donors (Lipinski definition) is 2. The first-order valence-electron chi connectivity index (χ1n) is 3.44. The first-order valence-corrected chi connectivity index (χ1v) is 4.32. The number of tetrazole rings is 1. The number of aromatic nitrogens is 5. The minimum atomic E-state index is -0.0957. The Kier molecular flexibility index (Phi) is 1.81. The van der Waals surface area contributed by atoms with Crippen LogP contribution in [0.25, 0.3) is 0 Å². The Hall–Kier alpha value is -1.70. The molecule has 68 valence electrons. The SMILES string of the molecule is Nc1nnnn1Cc1csc(=O)[nH]1. The summed E-state index contributed by atoms with van der Waals surface area (Å²) >= 11 is 1.10. The molecule has 2 aromatic heterocycles. The van der Waals surface area contributed by atoms with Crippen LogP contribution in [-0.2, 0) is 6.54 Å². The lowest BCUT2D eigenvalue weighted by Gasteiger charge is -1.96. The Balaban J connectivity index is 2.24. The van der Waals surface area contributed by atoms with Crippen LogP contribution in [0.3, 0.4) is 0 Å². The van der Waals surface area contributed by atoms with Gasteiger partial charge in [0.25, 0.3) is 0 Å². The van der Waals surface area contributed by atoms with Gasteiger partial charge in [-0.1, -0.05) is 16.4 Å². The second-order valence-electron chi connectivity index (χ2n) is 2.37. The van der Waals surface area contributed by atoms with E-state index in [-0.39, 0.29) is 10.8 Å². The molecular formula is C5H6N6OS. The van der Waals surface area contributed by atoms with Gasteiger partial charge in [0.1, 0.15) is 0 Å². The molecule has 8 heteroatoms. The van der Waals surface area contributed by atoms with Gasteiger partial charge in [-0.15, -0.1) is 0 Å². The maximum Gasteiger partial charge on any atom is 0.304 e. The quantitative estimate of drug-likeness (QED) is 0.647. The molecule has 13 heavy (non-hydrogen) atoms. The topological polar surface area (TPSA) is 102 Å². The smallest absolute Gasteiger partial charge is 0.304 e.